The number of alkyl halides is 3. The van der Waals surface area contributed by atoms with Gasteiger partial charge in [0.05, 0.1) is 11.4 Å². The number of amides is 2. The maximum atomic E-state index is 13.5. The highest BCUT2D eigenvalue weighted by Gasteiger charge is 2.28. The number of anilines is 1. The molecule has 0 saturated carbocycles. The Kier molecular flexibility index (Phi) is 22.7. The standard InChI is InChI=1S/C37H51Cl4N3O7/c1-2-3-4-5-6-7-8-9-10-11-15-19-30(24-34(46)50-27-37(39,40)41)51-35(47)31(43-36(48)44-32-23-22-29(38)25-42-32)20-16-21-33(45)49-26-28-17-13-12-14-18-28/h12-14,17-18,22-23,25,30-31H,2-11,15-16,19-21,24,26-27H2,1H3,(H2,42,43,44,48). The molecule has 2 amide bonds. The molecule has 0 aliphatic heterocycles. The third kappa shape index (κ3) is 22.7. The van der Waals surface area contributed by atoms with E-state index in [9.17, 15) is 19.2 Å². The summed E-state index contributed by atoms with van der Waals surface area (Å²) in [5.41, 5.74) is 0.845. The van der Waals surface area contributed by atoms with E-state index in [4.69, 9.17) is 60.6 Å². The summed E-state index contributed by atoms with van der Waals surface area (Å²) in [5, 5.41) is 5.55. The maximum absolute atomic E-state index is 13.5. The van der Waals surface area contributed by atoms with Gasteiger partial charge in [0.2, 0.25) is 3.79 Å². The van der Waals surface area contributed by atoms with Crippen LogP contribution in [0.3, 0.4) is 0 Å². The first-order chi connectivity index (χ1) is 24.4. The van der Waals surface area contributed by atoms with E-state index < -0.39 is 46.5 Å². The number of esters is 3. The lowest BCUT2D eigenvalue weighted by Gasteiger charge is -2.23. The molecule has 2 N–H and O–H groups in total. The van der Waals surface area contributed by atoms with Gasteiger partial charge >= 0.3 is 23.9 Å². The van der Waals surface area contributed by atoms with Crippen LogP contribution in [0.2, 0.25) is 5.02 Å². The molecule has 2 unspecified atom stereocenters. The van der Waals surface area contributed by atoms with Gasteiger partial charge in [-0.2, -0.15) is 0 Å². The smallest absolute Gasteiger partial charge is 0.328 e. The Morgan fingerprint density at radius 1 is 0.784 bits per heavy atom. The van der Waals surface area contributed by atoms with Gasteiger partial charge in [0.1, 0.15) is 31.2 Å². The number of rotatable bonds is 25. The summed E-state index contributed by atoms with van der Waals surface area (Å²) in [7, 11) is 0. The lowest BCUT2D eigenvalue weighted by molar-refractivity contribution is -0.157. The van der Waals surface area contributed by atoms with Crippen LogP contribution in [-0.2, 0) is 35.2 Å². The molecule has 51 heavy (non-hydrogen) atoms. The molecule has 0 radical (unpaired) electrons. The molecule has 0 fully saturated rings. The van der Waals surface area contributed by atoms with Crippen LogP contribution in [0.1, 0.15) is 115 Å². The predicted octanol–water partition coefficient (Wildman–Crippen LogP) is 10.1. The number of hydrogen-bond donors (Lipinski definition) is 2. The number of carbonyl (C=O) groups excluding carboxylic acids is 4. The molecule has 2 atom stereocenters. The second kappa shape index (κ2) is 26.0. The summed E-state index contributed by atoms with van der Waals surface area (Å²) in [6.45, 7) is 1.87. The second-order valence-electron chi connectivity index (χ2n) is 12.4. The summed E-state index contributed by atoms with van der Waals surface area (Å²) in [4.78, 5) is 55.5. The van der Waals surface area contributed by atoms with Crippen molar-refractivity contribution in [2.75, 3.05) is 11.9 Å². The van der Waals surface area contributed by atoms with Crippen molar-refractivity contribution < 1.29 is 33.4 Å². The van der Waals surface area contributed by atoms with Gasteiger partial charge in [-0.05, 0) is 43.4 Å². The zero-order valence-corrected chi connectivity index (χ0v) is 32.3. The van der Waals surface area contributed by atoms with Gasteiger partial charge in [-0.1, -0.05) is 148 Å². The van der Waals surface area contributed by atoms with Gasteiger partial charge in [-0.15, -0.1) is 0 Å². The number of urea groups is 1. The molecule has 0 bridgehead atoms. The molecule has 0 aliphatic rings. The SMILES string of the molecule is CCCCCCCCCCCCCC(CC(=O)OCC(Cl)(Cl)Cl)OC(=O)C(CCCC(=O)OCc1ccccc1)NC(=O)Nc1ccc(Cl)cn1. The minimum Gasteiger partial charge on any atom is -0.461 e. The molecule has 284 valence electrons. The van der Waals surface area contributed by atoms with Crippen molar-refractivity contribution in [2.24, 2.45) is 0 Å². The fourth-order valence-corrected chi connectivity index (χ4v) is 5.44. The van der Waals surface area contributed by atoms with Gasteiger partial charge < -0.3 is 19.5 Å². The van der Waals surface area contributed by atoms with Gasteiger partial charge in [-0.25, -0.2) is 14.6 Å². The first-order valence-electron chi connectivity index (χ1n) is 17.8. The van der Waals surface area contributed by atoms with E-state index in [1.165, 1.54) is 57.2 Å². The summed E-state index contributed by atoms with van der Waals surface area (Å²) >= 11 is 23.1. The van der Waals surface area contributed by atoms with Crippen LogP contribution in [-0.4, -0.2) is 51.5 Å². The van der Waals surface area contributed by atoms with Crippen molar-refractivity contribution in [1.29, 1.82) is 0 Å². The second-order valence-corrected chi connectivity index (χ2v) is 15.4. The summed E-state index contributed by atoms with van der Waals surface area (Å²) in [5.74, 6) is -1.71. The van der Waals surface area contributed by atoms with Crippen LogP contribution in [0.5, 0.6) is 0 Å². The van der Waals surface area contributed by atoms with Crippen molar-refractivity contribution >= 4 is 76.2 Å². The van der Waals surface area contributed by atoms with E-state index in [0.29, 0.717) is 17.9 Å². The van der Waals surface area contributed by atoms with Gasteiger partial charge in [-0.3, -0.25) is 14.9 Å². The molecule has 0 saturated heterocycles. The lowest BCUT2D eigenvalue weighted by Crippen LogP contribution is -2.45. The predicted molar refractivity (Wildman–Crippen MR) is 202 cm³/mol. The molecule has 10 nitrogen and oxygen atoms in total. The number of unbranched alkanes of at least 4 members (excludes halogenated alkanes) is 10. The number of nitrogens with zero attached hydrogens (tertiary/aromatic N) is 1. The van der Waals surface area contributed by atoms with Crippen LogP contribution in [0.15, 0.2) is 48.7 Å². The Bertz CT molecular complexity index is 1300. The van der Waals surface area contributed by atoms with E-state index in [1.54, 1.807) is 6.07 Å². The summed E-state index contributed by atoms with van der Waals surface area (Å²) in [6, 6.07) is 10.4. The number of hydrogen-bond acceptors (Lipinski definition) is 8. The number of pyridine rings is 1. The first kappa shape index (κ1) is 44.4. The molecule has 1 heterocycles. The Morgan fingerprint density at radius 2 is 1.43 bits per heavy atom. The van der Waals surface area contributed by atoms with Crippen LogP contribution < -0.4 is 10.6 Å². The van der Waals surface area contributed by atoms with E-state index in [0.717, 1.165) is 24.8 Å². The minimum absolute atomic E-state index is 0.00414. The molecule has 14 heteroatoms. The van der Waals surface area contributed by atoms with E-state index in [2.05, 4.69) is 22.5 Å². The third-order valence-corrected chi connectivity index (χ3v) is 8.43. The lowest BCUT2D eigenvalue weighted by atomic mass is 10.0. The Hall–Kier alpha value is -2.79. The Balaban J connectivity index is 2.00. The normalized spacial score (nSPS) is 12.4. The van der Waals surface area contributed by atoms with Crippen molar-refractivity contribution in [3.63, 3.8) is 0 Å². The topological polar surface area (TPSA) is 133 Å². The summed E-state index contributed by atoms with van der Waals surface area (Å²) in [6.07, 6.45) is 13.4. The highest BCUT2D eigenvalue weighted by Crippen LogP contribution is 2.26. The summed E-state index contributed by atoms with van der Waals surface area (Å²) < 4.78 is 14.5. The molecule has 1 aromatic carbocycles. The zero-order chi connectivity index (χ0) is 37.3. The average Bonchev–Trinajstić information content (AvgIpc) is 3.09. The van der Waals surface area contributed by atoms with Crippen LogP contribution in [0.4, 0.5) is 10.6 Å². The fraction of sp³-hybridized carbons (Fsp3) is 0.595. The highest BCUT2D eigenvalue weighted by atomic mass is 35.6. The van der Waals surface area contributed by atoms with Crippen molar-refractivity contribution in [3.8, 4) is 0 Å². The van der Waals surface area contributed by atoms with Crippen molar-refractivity contribution in [1.82, 2.24) is 10.3 Å². The first-order valence-corrected chi connectivity index (χ1v) is 19.3. The van der Waals surface area contributed by atoms with Crippen LogP contribution in [0.25, 0.3) is 0 Å². The largest absolute Gasteiger partial charge is 0.461 e. The zero-order valence-electron chi connectivity index (χ0n) is 29.3. The average molecular weight is 792 g/mol. The van der Waals surface area contributed by atoms with Gasteiger partial charge in [0.25, 0.3) is 0 Å². The number of ether oxygens (including phenoxy) is 3. The number of halogens is 4. The van der Waals surface area contributed by atoms with Crippen molar-refractivity contribution in [2.45, 2.75) is 132 Å². The minimum atomic E-state index is -1.79. The molecular formula is C37H51Cl4N3O7. The van der Waals surface area contributed by atoms with Crippen LogP contribution in [0, 0.1) is 0 Å². The maximum Gasteiger partial charge on any atom is 0.328 e. The molecule has 2 aromatic rings. The fourth-order valence-electron chi connectivity index (χ4n) is 5.16. The highest BCUT2D eigenvalue weighted by molar-refractivity contribution is 6.67. The molecule has 0 aliphatic carbocycles. The van der Waals surface area contributed by atoms with E-state index in [1.807, 2.05) is 30.3 Å². The van der Waals surface area contributed by atoms with Gasteiger partial charge in [0, 0.05) is 12.6 Å². The van der Waals surface area contributed by atoms with Crippen LogP contribution >= 0.6 is 46.4 Å². The number of nitrogens with one attached hydrogen (secondary N) is 2. The van der Waals surface area contributed by atoms with E-state index >= 15 is 0 Å². The monoisotopic (exact) mass is 789 g/mol. The molecule has 1 aromatic heterocycles. The number of benzene rings is 1. The molecular weight excluding hydrogens is 740 g/mol. The van der Waals surface area contributed by atoms with E-state index in [-0.39, 0.29) is 38.1 Å². The third-order valence-electron chi connectivity index (χ3n) is 7.88. The quantitative estimate of drug-likeness (QED) is 0.0440. The Labute approximate surface area is 321 Å². The van der Waals surface area contributed by atoms with Gasteiger partial charge in [0.15, 0.2) is 0 Å². The molecule has 0 spiro atoms. The molecule has 2 rings (SSSR count). The number of carbonyl (C=O) groups is 4. The van der Waals surface area contributed by atoms with Crippen molar-refractivity contribution in [3.05, 3.63) is 59.2 Å². The Morgan fingerprint density at radius 3 is 2.04 bits per heavy atom. The number of aromatic nitrogens is 1.